The Bertz CT molecular complexity index is 1350. The summed E-state index contributed by atoms with van der Waals surface area (Å²) in [7, 11) is 1.75. The first-order chi connectivity index (χ1) is 15.3. The minimum absolute atomic E-state index is 0.0759. The molecule has 0 aliphatic heterocycles. The number of likely N-dealkylation sites (N-methyl/N-ethyl adjacent to an activating group) is 1. The Labute approximate surface area is 196 Å². The minimum Gasteiger partial charge on any atom is -0.325 e. The van der Waals surface area contributed by atoms with Crippen molar-refractivity contribution in [3.8, 4) is 10.4 Å². The molecular formula is C22H17Cl2FN4O2S. The van der Waals surface area contributed by atoms with E-state index < -0.39 is 0 Å². The van der Waals surface area contributed by atoms with E-state index in [0.29, 0.717) is 31.8 Å². The van der Waals surface area contributed by atoms with E-state index in [4.69, 9.17) is 23.2 Å². The Morgan fingerprint density at radius 3 is 2.62 bits per heavy atom. The average molecular weight is 491 g/mol. The topological polar surface area (TPSA) is 78.1 Å². The Hall–Kier alpha value is -2.78. The molecule has 6 nitrogen and oxygen atoms in total. The number of anilines is 1. The lowest BCUT2D eigenvalue weighted by Gasteiger charge is -2.15. The zero-order valence-electron chi connectivity index (χ0n) is 16.8. The van der Waals surface area contributed by atoms with Crippen LogP contribution in [0.1, 0.15) is 5.82 Å². The Balaban J connectivity index is 1.46. The second-order valence-corrected chi connectivity index (χ2v) is 9.06. The molecule has 32 heavy (non-hydrogen) atoms. The van der Waals surface area contributed by atoms with Crippen LogP contribution >= 0.6 is 34.5 Å². The normalized spacial score (nSPS) is 11.3. The SMILES string of the molecule is CN(CC(=O)Nc1ccc(Cl)c(Cl)c1)Cc1nc2cc(-c3ccc(F)cc3)sc2c(=O)[nH]1. The van der Waals surface area contributed by atoms with Gasteiger partial charge in [0.15, 0.2) is 0 Å². The van der Waals surface area contributed by atoms with E-state index in [1.54, 1.807) is 42.3 Å². The van der Waals surface area contributed by atoms with Crippen LogP contribution in [0.5, 0.6) is 0 Å². The molecule has 164 valence electrons. The number of H-pyrrole nitrogens is 1. The number of carbonyl (C=O) groups is 1. The number of halogens is 3. The number of nitrogens with one attached hydrogen (secondary N) is 2. The van der Waals surface area contributed by atoms with E-state index in [-0.39, 0.29) is 30.4 Å². The van der Waals surface area contributed by atoms with Gasteiger partial charge in [0.05, 0.1) is 28.7 Å². The summed E-state index contributed by atoms with van der Waals surface area (Å²) in [6.45, 7) is 0.341. The van der Waals surface area contributed by atoms with Gasteiger partial charge in [0, 0.05) is 10.6 Å². The van der Waals surface area contributed by atoms with Crippen LogP contribution < -0.4 is 10.9 Å². The summed E-state index contributed by atoms with van der Waals surface area (Å²) in [6.07, 6.45) is 0. The molecule has 0 aliphatic carbocycles. The van der Waals surface area contributed by atoms with Crippen molar-refractivity contribution in [2.75, 3.05) is 18.9 Å². The van der Waals surface area contributed by atoms with Crippen LogP contribution in [-0.2, 0) is 11.3 Å². The second-order valence-electron chi connectivity index (χ2n) is 7.19. The number of hydrogen-bond donors (Lipinski definition) is 2. The van der Waals surface area contributed by atoms with Gasteiger partial charge < -0.3 is 10.3 Å². The quantitative estimate of drug-likeness (QED) is 0.390. The lowest BCUT2D eigenvalue weighted by molar-refractivity contribution is -0.117. The molecule has 0 saturated carbocycles. The third-order valence-corrected chi connectivity index (χ3v) is 6.51. The van der Waals surface area contributed by atoms with Gasteiger partial charge in [-0.2, -0.15) is 0 Å². The first-order valence-corrected chi connectivity index (χ1v) is 11.1. The number of aromatic amines is 1. The molecule has 2 heterocycles. The molecule has 0 unspecified atom stereocenters. The van der Waals surface area contributed by atoms with Crippen molar-refractivity contribution in [3.05, 3.63) is 80.6 Å². The van der Waals surface area contributed by atoms with Crippen LogP contribution in [0.25, 0.3) is 20.7 Å². The molecule has 4 rings (SSSR count). The van der Waals surface area contributed by atoms with Crippen molar-refractivity contribution in [1.82, 2.24) is 14.9 Å². The van der Waals surface area contributed by atoms with Gasteiger partial charge in [-0.3, -0.25) is 14.5 Å². The average Bonchev–Trinajstić information content (AvgIpc) is 3.16. The zero-order chi connectivity index (χ0) is 22.8. The van der Waals surface area contributed by atoms with Crippen LogP contribution in [0.15, 0.2) is 53.3 Å². The number of fused-ring (bicyclic) bond motifs is 1. The molecule has 0 bridgehead atoms. The summed E-state index contributed by atoms with van der Waals surface area (Å²) in [4.78, 5) is 34.7. The van der Waals surface area contributed by atoms with Crippen LogP contribution in [0, 0.1) is 5.82 Å². The summed E-state index contributed by atoms with van der Waals surface area (Å²) in [6, 6.07) is 12.7. The maximum atomic E-state index is 13.2. The lowest BCUT2D eigenvalue weighted by Crippen LogP contribution is -2.31. The monoisotopic (exact) mass is 490 g/mol. The van der Waals surface area contributed by atoms with E-state index in [1.165, 1.54) is 23.5 Å². The second kappa shape index (κ2) is 9.38. The van der Waals surface area contributed by atoms with E-state index in [2.05, 4.69) is 15.3 Å². The maximum absolute atomic E-state index is 13.2. The first kappa shape index (κ1) is 22.4. The number of carbonyl (C=O) groups excluding carboxylic acids is 1. The van der Waals surface area contributed by atoms with Crippen LogP contribution in [0.4, 0.5) is 10.1 Å². The van der Waals surface area contributed by atoms with E-state index in [0.717, 1.165) is 10.4 Å². The molecule has 2 N–H and O–H groups in total. The van der Waals surface area contributed by atoms with Crippen molar-refractivity contribution in [3.63, 3.8) is 0 Å². The van der Waals surface area contributed by atoms with Gasteiger partial charge in [0.2, 0.25) is 5.91 Å². The largest absolute Gasteiger partial charge is 0.325 e. The lowest BCUT2D eigenvalue weighted by atomic mass is 10.2. The highest BCUT2D eigenvalue weighted by molar-refractivity contribution is 7.22. The van der Waals surface area contributed by atoms with Crippen molar-refractivity contribution >= 4 is 56.3 Å². The summed E-state index contributed by atoms with van der Waals surface area (Å²) in [5.41, 5.74) is 1.66. The van der Waals surface area contributed by atoms with Gasteiger partial charge in [0.25, 0.3) is 5.56 Å². The number of aromatic nitrogens is 2. The van der Waals surface area contributed by atoms with Gasteiger partial charge in [-0.15, -0.1) is 11.3 Å². The third kappa shape index (κ3) is 5.16. The molecule has 2 aromatic carbocycles. The van der Waals surface area contributed by atoms with Gasteiger partial charge >= 0.3 is 0 Å². The van der Waals surface area contributed by atoms with Gasteiger partial charge in [-0.05, 0) is 49.0 Å². The molecule has 10 heteroatoms. The Morgan fingerprint density at radius 1 is 1.16 bits per heavy atom. The summed E-state index contributed by atoms with van der Waals surface area (Å²) in [5.74, 6) is -0.126. The van der Waals surface area contributed by atoms with Crippen LogP contribution in [-0.4, -0.2) is 34.4 Å². The van der Waals surface area contributed by atoms with E-state index in [9.17, 15) is 14.0 Å². The predicted octanol–water partition coefficient (Wildman–Crippen LogP) is 5.17. The number of thiophene rings is 1. The third-order valence-electron chi connectivity index (χ3n) is 4.60. The zero-order valence-corrected chi connectivity index (χ0v) is 19.1. The number of hydrogen-bond acceptors (Lipinski definition) is 5. The van der Waals surface area contributed by atoms with Crippen molar-refractivity contribution in [2.45, 2.75) is 6.54 Å². The molecule has 2 aromatic heterocycles. The fraction of sp³-hybridized carbons (Fsp3) is 0.136. The molecule has 0 atom stereocenters. The van der Waals surface area contributed by atoms with Gasteiger partial charge in [-0.25, -0.2) is 9.37 Å². The van der Waals surface area contributed by atoms with E-state index in [1.807, 2.05) is 6.07 Å². The fourth-order valence-corrected chi connectivity index (χ4v) is 4.45. The molecular weight excluding hydrogens is 474 g/mol. The highest BCUT2D eigenvalue weighted by Gasteiger charge is 2.13. The van der Waals surface area contributed by atoms with Crippen molar-refractivity contribution < 1.29 is 9.18 Å². The summed E-state index contributed by atoms with van der Waals surface area (Å²) < 4.78 is 13.7. The molecule has 0 radical (unpaired) electrons. The van der Waals surface area contributed by atoms with E-state index >= 15 is 0 Å². The highest BCUT2D eigenvalue weighted by Crippen LogP contribution is 2.31. The highest BCUT2D eigenvalue weighted by atomic mass is 35.5. The molecule has 4 aromatic rings. The van der Waals surface area contributed by atoms with Crippen LogP contribution in [0.2, 0.25) is 10.0 Å². The summed E-state index contributed by atoms with van der Waals surface area (Å²) in [5, 5.41) is 3.51. The predicted molar refractivity (Wildman–Crippen MR) is 127 cm³/mol. The van der Waals surface area contributed by atoms with Gasteiger partial charge in [-0.1, -0.05) is 35.3 Å². The molecule has 0 aliphatic rings. The molecule has 0 spiro atoms. The number of amides is 1. The Kier molecular flexibility index (Phi) is 6.57. The number of rotatable bonds is 6. The number of benzene rings is 2. The minimum atomic E-state index is -0.320. The molecule has 1 amide bonds. The Morgan fingerprint density at radius 2 is 1.91 bits per heavy atom. The maximum Gasteiger partial charge on any atom is 0.268 e. The van der Waals surface area contributed by atoms with Crippen LogP contribution in [0.3, 0.4) is 0 Å². The first-order valence-electron chi connectivity index (χ1n) is 9.50. The molecule has 0 saturated heterocycles. The standard InChI is InChI=1S/C22H17Cl2FN4O2S/c1-29(11-20(30)26-14-6-7-15(23)16(24)8-14)10-19-27-17-9-18(32-21(17)22(31)28-19)12-2-4-13(25)5-3-12/h2-9H,10-11H2,1H3,(H,26,30)(H,27,28,31). The molecule has 0 fully saturated rings. The number of nitrogens with zero attached hydrogens (tertiary/aromatic N) is 2. The van der Waals surface area contributed by atoms with Crippen molar-refractivity contribution in [2.24, 2.45) is 0 Å². The smallest absolute Gasteiger partial charge is 0.268 e. The summed E-state index contributed by atoms with van der Waals surface area (Å²) >= 11 is 13.2. The van der Waals surface area contributed by atoms with Gasteiger partial charge in [0.1, 0.15) is 16.3 Å². The van der Waals surface area contributed by atoms with Crippen molar-refractivity contribution in [1.29, 1.82) is 0 Å². The fourth-order valence-electron chi connectivity index (χ4n) is 3.15.